The quantitative estimate of drug-likeness (QED) is 0.658. The van der Waals surface area contributed by atoms with E-state index in [2.05, 4.69) is 0 Å². The Morgan fingerprint density at radius 2 is 1.82 bits per heavy atom. The van der Waals surface area contributed by atoms with Gasteiger partial charge in [-0.1, -0.05) is 11.6 Å². The van der Waals surface area contributed by atoms with E-state index >= 15 is 0 Å². The van der Waals surface area contributed by atoms with Crippen LogP contribution in [0, 0.1) is 11.6 Å². The minimum Gasteiger partial charge on any atom is -0.504 e. The van der Waals surface area contributed by atoms with Crippen molar-refractivity contribution in [3.05, 3.63) is 57.6 Å². The summed E-state index contributed by atoms with van der Waals surface area (Å²) in [6.07, 6.45) is 0. The van der Waals surface area contributed by atoms with Gasteiger partial charge < -0.3 is 15.1 Å². The number of carbonyl (C=O) groups is 1. The number of hydrogen-bond donors (Lipinski definition) is 2. The van der Waals surface area contributed by atoms with Crippen molar-refractivity contribution in [1.82, 2.24) is 4.90 Å². The lowest BCUT2D eigenvalue weighted by atomic mass is 10.1. The van der Waals surface area contributed by atoms with Crippen molar-refractivity contribution in [2.45, 2.75) is 13.1 Å². The number of hydrogen-bond acceptors (Lipinski definition) is 3. The highest BCUT2D eigenvalue weighted by Gasteiger charge is 2.32. The maximum atomic E-state index is 13.8. The van der Waals surface area contributed by atoms with E-state index in [9.17, 15) is 23.8 Å². The molecule has 1 aliphatic heterocycles. The van der Waals surface area contributed by atoms with Gasteiger partial charge in [0.05, 0.1) is 18.1 Å². The van der Waals surface area contributed by atoms with Crippen molar-refractivity contribution in [2.75, 3.05) is 0 Å². The van der Waals surface area contributed by atoms with Gasteiger partial charge in [-0.3, -0.25) is 4.79 Å². The predicted molar refractivity (Wildman–Crippen MR) is 74.7 cm³/mol. The number of benzene rings is 2. The molecule has 0 atom stereocenters. The monoisotopic (exact) mass is 325 g/mol. The molecule has 0 fully saturated rings. The third kappa shape index (κ3) is 2.16. The Morgan fingerprint density at radius 3 is 2.55 bits per heavy atom. The van der Waals surface area contributed by atoms with E-state index in [1.54, 1.807) is 0 Å². The molecule has 3 rings (SSSR count). The second kappa shape index (κ2) is 5.14. The zero-order valence-electron chi connectivity index (χ0n) is 11.1. The lowest BCUT2D eigenvalue weighted by Gasteiger charge is -2.17. The van der Waals surface area contributed by atoms with Gasteiger partial charge in [-0.25, -0.2) is 8.78 Å². The van der Waals surface area contributed by atoms with Gasteiger partial charge in [0, 0.05) is 16.7 Å². The molecule has 0 aliphatic carbocycles. The standard InChI is InChI=1S/C15H10ClF2NO3/c16-13-9(10(17)2-3-11(13)18)6-19-5-8-7(15(19)22)1-4-12(20)14(8)21/h1-4,20-21H,5-6H2. The molecule has 1 amide bonds. The summed E-state index contributed by atoms with van der Waals surface area (Å²) < 4.78 is 27.2. The second-order valence-electron chi connectivity index (χ2n) is 4.94. The van der Waals surface area contributed by atoms with E-state index in [1.807, 2.05) is 0 Å². The smallest absolute Gasteiger partial charge is 0.254 e. The van der Waals surface area contributed by atoms with Crippen LogP contribution in [0.15, 0.2) is 24.3 Å². The van der Waals surface area contributed by atoms with Crippen molar-refractivity contribution in [3.63, 3.8) is 0 Å². The molecule has 2 aromatic rings. The lowest BCUT2D eigenvalue weighted by molar-refractivity contribution is 0.0765. The molecule has 0 bridgehead atoms. The fourth-order valence-electron chi connectivity index (χ4n) is 2.45. The molecule has 114 valence electrons. The number of rotatable bonds is 2. The summed E-state index contributed by atoms with van der Waals surface area (Å²) in [6.45, 7) is -0.267. The third-order valence-electron chi connectivity index (χ3n) is 3.62. The zero-order chi connectivity index (χ0) is 16.0. The minimum absolute atomic E-state index is 0.0271. The van der Waals surface area contributed by atoms with Crippen LogP contribution in [0.25, 0.3) is 0 Å². The number of carbonyl (C=O) groups excluding carboxylic acids is 1. The van der Waals surface area contributed by atoms with Crippen LogP contribution in [0.4, 0.5) is 8.78 Å². The van der Waals surface area contributed by atoms with Gasteiger partial charge in [-0.05, 0) is 24.3 Å². The summed E-state index contributed by atoms with van der Waals surface area (Å²) in [4.78, 5) is 13.5. The first-order valence-electron chi connectivity index (χ1n) is 6.35. The first-order chi connectivity index (χ1) is 10.4. The van der Waals surface area contributed by atoms with Crippen LogP contribution >= 0.6 is 11.6 Å². The van der Waals surface area contributed by atoms with Gasteiger partial charge >= 0.3 is 0 Å². The van der Waals surface area contributed by atoms with Crippen molar-refractivity contribution in [1.29, 1.82) is 0 Å². The van der Waals surface area contributed by atoms with Crippen molar-refractivity contribution in [2.24, 2.45) is 0 Å². The Hall–Kier alpha value is -2.34. The summed E-state index contributed by atoms with van der Waals surface area (Å²) in [6, 6.07) is 4.42. The fourth-order valence-corrected chi connectivity index (χ4v) is 2.66. The maximum Gasteiger partial charge on any atom is 0.254 e. The van der Waals surface area contributed by atoms with Gasteiger partial charge in [-0.15, -0.1) is 0 Å². The Morgan fingerprint density at radius 1 is 1.14 bits per heavy atom. The Labute approximate surface area is 129 Å². The van der Waals surface area contributed by atoms with Gasteiger partial charge in [-0.2, -0.15) is 0 Å². The molecule has 0 unspecified atom stereocenters. The topological polar surface area (TPSA) is 60.8 Å². The number of phenols is 2. The summed E-state index contributed by atoms with van der Waals surface area (Å²) in [5, 5.41) is 18.9. The van der Waals surface area contributed by atoms with Crippen molar-refractivity contribution < 1.29 is 23.8 Å². The molecule has 1 heterocycles. The maximum absolute atomic E-state index is 13.8. The van der Waals surface area contributed by atoms with Crippen LogP contribution in [0.5, 0.6) is 11.5 Å². The lowest BCUT2D eigenvalue weighted by Crippen LogP contribution is -2.24. The van der Waals surface area contributed by atoms with Crippen LogP contribution < -0.4 is 0 Å². The first-order valence-corrected chi connectivity index (χ1v) is 6.73. The van der Waals surface area contributed by atoms with Gasteiger partial charge in [0.1, 0.15) is 11.6 Å². The van der Waals surface area contributed by atoms with E-state index in [0.717, 1.165) is 12.1 Å². The highest BCUT2D eigenvalue weighted by molar-refractivity contribution is 6.31. The molecule has 4 nitrogen and oxygen atoms in total. The molecular weight excluding hydrogens is 316 g/mol. The number of amides is 1. The molecule has 0 saturated heterocycles. The molecular formula is C15H10ClF2NO3. The normalized spacial score (nSPS) is 13.6. The van der Waals surface area contributed by atoms with Crippen LogP contribution in [-0.4, -0.2) is 21.0 Å². The van der Waals surface area contributed by atoms with Gasteiger partial charge in [0.2, 0.25) is 0 Å². The molecule has 0 aromatic heterocycles. The number of aromatic hydroxyl groups is 2. The third-order valence-corrected chi connectivity index (χ3v) is 4.02. The van der Waals surface area contributed by atoms with Crippen LogP contribution in [-0.2, 0) is 13.1 Å². The van der Waals surface area contributed by atoms with E-state index < -0.39 is 17.5 Å². The van der Waals surface area contributed by atoms with Crippen molar-refractivity contribution in [3.8, 4) is 11.5 Å². The Balaban J connectivity index is 1.96. The number of fused-ring (bicyclic) bond motifs is 1. The molecule has 0 radical (unpaired) electrons. The van der Waals surface area contributed by atoms with Crippen LogP contribution in [0.3, 0.4) is 0 Å². The average Bonchev–Trinajstić information content (AvgIpc) is 2.81. The molecule has 0 saturated carbocycles. The van der Waals surface area contributed by atoms with Gasteiger partial charge in [0.25, 0.3) is 5.91 Å². The van der Waals surface area contributed by atoms with E-state index in [4.69, 9.17) is 11.6 Å². The molecule has 0 spiro atoms. The summed E-state index contributed by atoms with van der Waals surface area (Å²) in [7, 11) is 0. The Bertz CT molecular complexity index is 795. The SMILES string of the molecule is O=C1c2ccc(O)c(O)c2CN1Cc1c(F)ccc(F)c1Cl. The van der Waals surface area contributed by atoms with Crippen LogP contribution in [0.2, 0.25) is 5.02 Å². The molecule has 1 aliphatic rings. The second-order valence-corrected chi connectivity index (χ2v) is 5.32. The highest BCUT2D eigenvalue weighted by Crippen LogP contribution is 2.37. The van der Waals surface area contributed by atoms with E-state index in [1.165, 1.54) is 17.0 Å². The zero-order valence-corrected chi connectivity index (χ0v) is 11.9. The Kier molecular flexibility index (Phi) is 3.41. The molecule has 2 aromatic carbocycles. The van der Waals surface area contributed by atoms with E-state index in [0.29, 0.717) is 0 Å². The number of nitrogens with zero attached hydrogens (tertiary/aromatic N) is 1. The largest absolute Gasteiger partial charge is 0.504 e. The number of halogens is 3. The van der Waals surface area contributed by atoms with Gasteiger partial charge in [0.15, 0.2) is 11.5 Å². The molecule has 2 N–H and O–H groups in total. The highest BCUT2D eigenvalue weighted by atomic mass is 35.5. The fraction of sp³-hybridized carbons (Fsp3) is 0.133. The predicted octanol–water partition coefficient (Wildman–Crippen LogP) is 3.19. The number of phenolic OH excluding ortho intramolecular Hbond substituents is 2. The van der Waals surface area contributed by atoms with E-state index in [-0.39, 0.29) is 46.3 Å². The molecule has 7 heteroatoms. The van der Waals surface area contributed by atoms with Crippen molar-refractivity contribution >= 4 is 17.5 Å². The molecule has 22 heavy (non-hydrogen) atoms. The summed E-state index contributed by atoms with van der Waals surface area (Å²) in [5.41, 5.74) is 0.327. The van der Waals surface area contributed by atoms with Crippen LogP contribution in [0.1, 0.15) is 21.5 Å². The summed E-state index contributed by atoms with van der Waals surface area (Å²) >= 11 is 5.75. The average molecular weight is 326 g/mol. The minimum atomic E-state index is -0.775. The first kappa shape index (κ1) is 14.6. The summed E-state index contributed by atoms with van der Waals surface area (Å²) in [5.74, 6) is -2.68.